The lowest BCUT2D eigenvalue weighted by Crippen LogP contribution is -1.97. The van der Waals surface area contributed by atoms with Gasteiger partial charge < -0.3 is 9.67 Å². The second-order valence-corrected chi connectivity index (χ2v) is 5.00. The number of hydrogen-bond acceptors (Lipinski definition) is 1. The molecular formula is C15H20ClNO. The molecule has 1 N–H and O–H groups in total. The fourth-order valence-electron chi connectivity index (χ4n) is 2.35. The third-order valence-electron chi connectivity index (χ3n) is 3.46. The minimum absolute atomic E-state index is 0.00161. The number of benzene rings is 1. The number of unbranched alkanes of at least 4 members (excludes halogenated alkanes) is 1. The van der Waals surface area contributed by atoms with Gasteiger partial charge in [-0.05, 0) is 30.5 Å². The van der Waals surface area contributed by atoms with Crippen LogP contribution >= 0.6 is 11.6 Å². The minimum atomic E-state index is 0.00161. The van der Waals surface area contributed by atoms with Crippen molar-refractivity contribution in [3.8, 4) is 0 Å². The Balaban J connectivity index is 2.60. The van der Waals surface area contributed by atoms with Crippen molar-refractivity contribution in [3.05, 3.63) is 34.5 Å². The molecule has 0 unspecified atom stereocenters. The molecule has 0 aliphatic rings. The highest BCUT2D eigenvalue weighted by atomic mass is 35.5. The Morgan fingerprint density at radius 1 is 1.28 bits per heavy atom. The summed E-state index contributed by atoms with van der Waals surface area (Å²) in [6.07, 6.45) is 3.24. The summed E-state index contributed by atoms with van der Waals surface area (Å²) < 4.78 is 2.12. The van der Waals surface area contributed by atoms with Gasteiger partial charge in [0, 0.05) is 23.0 Å². The van der Waals surface area contributed by atoms with E-state index in [0.29, 0.717) is 5.15 Å². The molecule has 1 aromatic carbocycles. The van der Waals surface area contributed by atoms with Crippen LogP contribution in [-0.4, -0.2) is 9.67 Å². The SMILES string of the molecule is CCCCn1c(Cl)c(CO)c2cc(CC)ccc21. The molecule has 2 nitrogen and oxygen atoms in total. The molecule has 3 heteroatoms. The highest BCUT2D eigenvalue weighted by Gasteiger charge is 2.14. The van der Waals surface area contributed by atoms with E-state index in [0.717, 1.165) is 42.3 Å². The Labute approximate surface area is 113 Å². The Hall–Kier alpha value is -0.990. The maximum Gasteiger partial charge on any atom is 0.115 e. The van der Waals surface area contributed by atoms with Crippen LogP contribution in [-0.2, 0) is 19.6 Å². The first-order chi connectivity index (χ1) is 8.72. The number of aromatic nitrogens is 1. The summed E-state index contributed by atoms with van der Waals surface area (Å²) >= 11 is 6.39. The number of aliphatic hydroxyl groups excluding tert-OH is 1. The van der Waals surface area contributed by atoms with Crippen molar-refractivity contribution in [3.63, 3.8) is 0 Å². The summed E-state index contributed by atoms with van der Waals surface area (Å²) in [6, 6.07) is 6.41. The van der Waals surface area contributed by atoms with Crippen LogP contribution in [0.1, 0.15) is 37.8 Å². The molecule has 0 radical (unpaired) electrons. The van der Waals surface area contributed by atoms with Crippen molar-refractivity contribution in [1.82, 2.24) is 4.57 Å². The molecule has 0 aliphatic carbocycles. The fourth-order valence-corrected chi connectivity index (χ4v) is 2.68. The quantitative estimate of drug-likeness (QED) is 0.863. The lowest BCUT2D eigenvalue weighted by Gasteiger charge is -2.06. The molecule has 0 saturated carbocycles. The number of rotatable bonds is 5. The fraction of sp³-hybridized carbons (Fsp3) is 0.467. The topological polar surface area (TPSA) is 25.2 Å². The van der Waals surface area contributed by atoms with Crippen LogP contribution < -0.4 is 0 Å². The molecule has 2 rings (SSSR count). The maximum absolute atomic E-state index is 9.52. The van der Waals surface area contributed by atoms with Crippen LogP contribution in [0.3, 0.4) is 0 Å². The van der Waals surface area contributed by atoms with Gasteiger partial charge >= 0.3 is 0 Å². The van der Waals surface area contributed by atoms with E-state index in [4.69, 9.17) is 11.6 Å². The van der Waals surface area contributed by atoms with Crippen molar-refractivity contribution in [2.45, 2.75) is 46.3 Å². The molecule has 0 aliphatic heterocycles. The lowest BCUT2D eigenvalue weighted by molar-refractivity contribution is 0.283. The van der Waals surface area contributed by atoms with Crippen LogP contribution in [0.5, 0.6) is 0 Å². The van der Waals surface area contributed by atoms with E-state index in [2.05, 4.69) is 36.6 Å². The predicted molar refractivity (Wildman–Crippen MR) is 77.2 cm³/mol. The van der Waals surface area contributed by atoms with Crippen molar-refractivity contribution >= 4 is 22.5 Å². The first-order valence-corrected chi connectivity index (χ1v) is 7.01. The minimum Gasteiger partial charge on any atom is -0.392 e. The summed E-state index contributed by atoms with van der Waals surface area (Å²) in [7, 11) is 0. The Kier molecular flexibility index (Phi) is 4.31. The van der Waals surface area contributed by atoms with Gasteiger partial charge in [0.15, 0.2) is 0 Å². The largest absolute Gasteiger partial charge is 0.392 e. The average molecular weight is 266 g/mol. The molecule has 18 heavy (non-hydrogen) atoms. The molecule has 1 aromatic heterocycles. The van der Waals surface area contributed by atoms with Gasteiger partial charge in [0.1, 0.15) is 5.15 Å². The second kappa shape index (κ2) is 5.77. The summed E-state index contributed by atoms with van der Waals surface area (Å²) in [5, 5.41) is 11.3. The Morgan fingerprint density at radius 3 is 2.67 bits per heavy atom. The van der Waals surface area contributed by atoms with Crippen LogP contribution in [0.2, 0.25) is 5.15 Å². The molecule has 0 amide bonds. The van der Waals surface area contributed by atoms with Gasteiger partial charge in [-0.25, -0.2) is 0 Å². The lowest BCUT2D eigenvalue weighted by atomic mass is 10.1. The maximum atomic E-state index is 9.52. The zero-order valence-electron chi connectivity index (χ0n) is 11.0. The highest BCUT2D eigenvalue weighted by molar-refractivity contribution is 6.32. The molecule has 0 bridgehead atoms. The van der Waals surface area contributed by atoms with Gasteiger partial charge in [0.2, 0.25) is 0 Å². The van der Waals surface area contributed by atoms with Crippen molar-refractivity contribution < 1.29 is 5.11 Å². The molecule has 1 heterocycles. The summed E-state index contributed by atoms with van der Waals surface area (Å²) in [4.78, 5) is 0. The number of aliphatic hydroxyl groups is 1. The second-order valence-electron chi connectivity index (χ2n) is 4.64. The van der Waals surface area contributed by atoms with Crippen LogP contribution in [0.15, 0.2) is 18.2 Å². The van der Waals surface area contributed by atoms with Crippen LogP contribution in [0, 0.1) is 0 Å². The van der Waals surface area contributed by atoms with Gasteiger partial charge in [-0.1, -0.05) is 37.9 Å². The monoisotopic (exact) mass is 265 g/mol. The summed E-state index contributed by atoms with van der Waals surface area (Å²) in [6.45, 7) is 5.22. The number of aryl methyl sites for hydroxylation is 2. The Morgan fingerprint density at radius 2 is 2.06 bits per heavy atom. The number of halogens is 1. The summed E-state index contributed by atoms with van der Waals surface area (Å²) in [5.74, 6) is 0. The van der Waals surface area contributed by atoms with Gasteiger partial charge in [-0.3, -0.25) is 0 Å². The molecular weight excluding hydrogens is 246 g/mol. The Bertz CT molecular complexity index is 545. The number of fused-ring (bicyclic) bond motifs is 1. The third-order valence-corrected chi connectivity index (χ3v) is 3.90. The van der Waals surface area contributed by atoms with E-state index in [-0.39, 0.29) is 6.61 Å². The zero-order valence-corrected chi connectivity index (χ0v) is 11.8. The van der Waals surface area contributed by atoms with Crippen molar-refractivity contribution in [2.75, 3.05) is 0 Å². The van der Waals surface area contributed by atoms with E-state index in [9.17, 15) is 5.11 Å². The highest BCUT2D eigenvalue weighted by Crippen LogP contribution is 2.31. The van der Waals surface area contributed by atoms with Gasteiger partial charge in [0.05, 0.1) is 6.61 Å². The number of hydrogen-bond donors (Lipinski definition) is 1. The molecule has 0 saturated heterocycles. The smallest absolute Gasteiger partial charge is 0.115 e. The summed E-state index contributed by atoms with van der Waals surface area (Å²) in [5.41, 5.74) is 3.27. The molecule has 2 aromatic rings. The molecule has 0 fully saturated rings. The zero-order chi connectivity index (χ0) is 13.1. The van der Waals surface area contributed by atoms with E-state index in [1.54, 1.807) is 0 Å². The third kappa shape index (κ3) is 2.27. The van der Waals surface area contributed by atoms with E-state index in [1.165, 1.54) is 5.56 Å². The number of nitrogens with zero attached hydrogens (tertiary/aromatic N) is 1. The van der Waals surface area contributed by atoms with Crippen molar-refractivity contribution in [1.29, 1.82) is 0 Å². The van der Waals surface area contributed by atoms with Crippen molar-refractivity contribution in [2.24, 2.45) is 0 Å². The van der Waals surface area contributed by atoms with Gasteiger partial charge in [-0.15, -0.1) is 0 Å². The van der Waals surface area contributed by atoms with Crippen LogP contribution in [0.25, 0.3) is 10.9 Å². The molecule has 98 valence electrons. The standard InChI is InChI=1S/C15H20ClNO/c1-3-5-8-17-14-7-6-11(4-2)9-12(14)13(10-18)15(17)16/h6-7,9,18H,3-5,8,10H2,1-2H3. The van der Waals surface area contributed by atoms with Gasteiger partial charge in [-0.2, -0.15) is 0 Å². The average Bonchev–Trinajstić information content (AvgIpc) is 2.66. The van der Waals surface area contributed by atoms with Crippen LogP contribution in [0.4, 0.5) is 0 Å². The first-order valence-electron chi connectivity index (χ1n) is 6.63. The predicted octanol–water partition coefficient (Wildman–Crippen LogP) is 4.15. The normalized spacial score (nSPS) is 11.3. The van der Waals surface area contributed by atoms with E-state index < -0.39 is 0 Å². The van der Waals surface area contributed by atoms with Gasteiger partial charge in [0.25, 0.3) is 0 Å². The van der Waals surface area contributed by atoms with E-state index in [1.807, 2.05) is 0 Å². The first kappa shape index (κ1) is 13.4. The molecule has 0 spiro atoms. The van der Waals surface area contributed by atoms with E-state index >= 15 is 0 Å². The molecule has 0 atom stereocenters.